The van der Waals surface area contributed by atoms with Crippen LogP contribution >= 0.6 is 11.3 Å². The van der Waals surface area contributed by atoms with Gasteiger partial charge in [-0.05, 0) is 87.5 Å². The molecule has 0 radical (unpaired) electrons. The predicted molar refractivity (Wildman–Crippen MR) is 217 cm³/mol. The summed E-state index contributed by atoms with van der Waals surface area (Å²) >= 11 is 1.92. The molecule has 1 aliphatic carbocycles. The van der Waals surface area contributed by atoms with E-state index < -0.39 is 0 Å². The number of thiophene rings is 1. The molecule has 11 rings (SSSR count). The van der Waals surface area contributed by atoms with Gasteiger partial charge in [0.25, 0.3) is 0 Å². The van der Waals surface area contributed by atoms with Gasteiger partial charge in [-0.25, -0.2) is 15.0 Å². The smallest absolute Gasteiger partial charge is 0.164 e. The molecule has 10 aromatic rings. The van der Waals surface area contributed by atoms with Crippen molar-refractivity contribution < 1.29 is 4.42 Å². The molecule has 0 fully saturated rings. The molecule has 0 saturated carbocycles. The van der Waals surface area contributed by atoms with E-state index in [2.05, 4.69) is 109 Å². The molecule has 0 amide bonds. The number of hydrogen-bond acceptors (Lipinski definition) is 5. The number of aromatic nitrogens is 3. The highest BCUT2D eigenvalue weighted by Crippen LogP contribution is 2.41. The molecule has 52 heavy (non-hydrogen) atoms. The maximum absolute atomic E-state index is 6.58. The second-order valence-electron chi connectivity index (χ2n) is 13.5. The maximum Gasteiger partial charge on any atom is 0.164 e. The van der Waals surface area contributed by atoms with E-state index in [0.29, 0.717) is 17.5 Å². The second-order valence-corrected chi connectivity index (χ2v) is 14.6. The van der Waals surface area contributed by atoms with Crippen molar-refractivity contribution in [2.24, 2.45) is 0 Å². The summed E-state index contributed by atoms with van der Waals surface area (Å²) in [5.41, 5.74) is 8.13. The van der Waals surface area contributed by atoms with Crippen molar-refractivity contribution in [1.29, 1.82) is 0 Å². The van der Waals surface area contributed by atoms with Crippen molar-refractivity contribution in [2.45, 2.75) is 12.8 Å². The summed E-state index contributed by atoms with van der Waals surface area (Å²) in [6.07, 6.45) is 6.84. The van der Waals surface area contributed by atoms with Gasteiger partial charge in [0.05, 0.1) is 0 Å². The first kappa shape index (κ1) is 29.3. The minimum atomic E-state index is 0.611. The molecule has 0 aliphatic heterocycles. The minimum absolute atomic E-state index is 0.611. The average Bonchev–Trinajstić information content (AvgIpc) is 3.78. The van der Waals surface area contributed by atoms with Crippen LogP contribution in [0.25, 0.3) is 105 Å². The van der Waals surface area contributed by atoms with Crippen LogP contribution in [0.1, 0.15) is 16.9 Å². The predicted octanol–water partition coefficient (Wildman–Crippen LogP) is 12.9. The van der Waals surface area contributed by atoms with E-state index in [1.807, 2.05) is 53.8 Å². The number of aryl methyl sites for hydroxylation is 1. The molecule has 0 unspecified atom stereocenters. The molecular formula is C47H29N3OS. The van der Waals surface area contributed by atoms with Crippen LogP contribution in [0, 0.1) is 0 Å². The summed E-state index contributed by atoms with van der Waals surface area (Å²) in [4.78, 5) is 16.8. The van der Waals surface area contributed by atoms with Crippen LogP contribution in [-0.2, 0) is 6.42 Å². The Morgan fingerprint density at radius 2 is 1.23 bits per heavy atom. The largest absolute Gasteiger partial charge is 0.456 e. The number of benzene rings is 7. The van der Waals surface area contributed by atoms with Gasteiger partial charge in [-0.1, -0.05) is 115 Å². The molecule has 0 atom stereocenters. The zero-order chi connectivity index (χ0) is 34.2. The number of allylic oxidation sites excluding steroid dienone is 1. The Bertz CT molecular complexity index is 3080. The fourth-order valence-corrected chi connectivity index (χ4v) is 8.99. The number of furan rings is 1. The van der Waals surface area contributed by atoms with Crippen molar-refractivity contribution in [3.8, 4) is 45.3 Å². The van der Waals surface area contributed by atoms with Crippen LogP contribution in [-0.4, -0.2) is 15.0 Å². The third-order valence-electron chi connectivity index (χ3n) is 10.4. The van der Waals surface area contributed by atoms with E-state index in [1.54, 1.807) is 0 Å². The monoisotopic (exact) mass is 683 g/mol. The van der Waals surface area contributed by atoms with Crippen molar-refractivity contribution in [2.75, 3.05) is 0 Å². The summed E-state index contributed by atoms with van der Waals surface area (Å²) in [5, 5.41) is 8.13. The van der Waals surface area contributed by atoms with Gasteiger partial charge in [-0.3, -0.25) is 0 Å². The van der Waals surface area contributed by atoms with Gasteiger partial charge in [0, 0.05) is 42.4 Å². The fourth-order valence-electron chi connectivity index (χ4n) is 7.81. The van der Waals surface area contributed by atoms with Gasteiger partial charge >= 0.3 is 0 Å². The van der Waals surface area contributed by atoms with Crippen LogP contribution < -0.4 is 0 Å². The van der Waals surface area contributed by atoms with E-state index in [-0.39, 0.29) is 0 Å². The Kier molecular flexibility index (Phi) is 6.51. The van der Waals surface area contributed by atoms with Gasteiger partial charge in [0.2, 0.25) is 0 Å². The van der Waals surface area contributed by atoms with Gasteiger partial charge in [-0.15, -0.1) is 11.3 Å². The lowest BCUT2D eigenvalue weighted by Crippen LogP contribution is -2.00. The third kappa shape index (κ3) is 4.70. The average molecular weight is 684 g/mol. The lowest BCUT2D eigenvalue weighted by atomic mass is 9.98. The maximum atomic E-state index is 6.58. The van der Waals surface area contributed by atoms with E-state index in [0.717, 1.165) is 57.0 Å². The van der Waals surface area contributed by atoms with Crippen LogP contribution in [0.15, 0.2) is 150 Å². The molecule has 4 nitrogen and oxygen atoms in total. The highest BCUT2D eigenvalue weighted by atomic mass is 32.1. The topological polar surface area (TPSA) is 51.8 Å². The Labute approximate surface area is 303 Å². The van der Waals surface area contributed by atoms with Crippen molar-refractivity contribution in [3.05, 3.63) is 156 Å². The molecule has 3 heterocycles. The third-order valence-corrected chi connectivity index (χ3v) is 11.6. The first-order chi connectivity index (χ1) is 25.7. The Hall–Kier alpha value is -6.43. The lowest BCUT2D eigenvalue weighted by Gasteiger charge is -2.10. The first-order valence-corrected chi connectivity index (χ1v) is 18.5. The first-order valence-electron chi connectivity index (χ1n) is 17.6. The molecule has 0 spiro atoms. The Morgan fingerprint density at radius 3 is 2.15 bits per heavy atom. The normalized spacial score (nSPS) is 12.8. The van der Waals surface area contributed by atoms with Gasteiger partial charge < -0.3 is 4.42 Å². The Morgan fingerprint density at radius 1 is 0.500 bits per heavy atom. The molecule has 5 heteroatoms. The van der Waals surface area contributed by atoms with E-state index in [4.69, 9.17) is 19.4 Å². The summed E-state index contributed by atoms with van der Waals surface area (Å²) in [5.74, 6) is 1.87. The summed E-state index contributed by atoms with van der Waals surface area (Å²) in [6, 6.07) is 49.0. The zero-order valence-corrected chi connectivity index (χ0v) is 28.8. The standard InChI is InChI=1S/C47H29N3OS/c1-2-10-30(11-3-1)45-48-46(33-20-19-29-18-17-28-9-4-5-12-34(28)38(29)26-33)50-47(49-45)37-14-8-15-40-44(37)36-23-21-32(27-41(36)51-40)31-22-24-43-39(25-31)35-13-6-7-16-42(35)52-43/h1-6,8-15,17-27H,7,16H2. The molecule has 3 aromatic heterocycles. The van der Waals surface area contributed by atoms with Crippen molar-refractivity contribution >= 4 is 71.0 Å². The van der Waals surface area contributed by atoms with E-state index in [9.17, 15) is 0 Å². The van der Waals surface area contributed by atoms with E-state index >= 15 is 0 Å². The zero-order valence-electron chi connectivity index (χ0n) is 28.0. The molecule has 0 N–H and O–H groups in total. The van der Waals surface area contributed by atoms with Crippen LogP contribution in [0.5, 0.6) is 0 Å². The molecular weight excluding hydrogens is 655 g/mol. The molecule has 0 bridgehead atoms. The van der Waals surface area contributed by atoms with Crippen molar-refractivity contribution in [1.82, 2.24) is 15.0 Å². The number of rotatable bonds is 4. The fraction of sp³-hybridized carbons (Fsp3) is 0.0426. The second kappa shape index (κ2) is 11.6. The van der Waals surface area contributed by atoms with Crippen LogP contribution in [0.4, 0.5) is 0 Å². The van der Waals surface area contributed by atoms with Crippen LogP contribution in [0.2, 0.25) is 0 Å². The van der Waals surface area contributed by atoms with Crippen LogP contribution in [0.3, 0.4) is 0 Å². The van der Waals surface area contributed by atoms with Gasteiger partial charge in [-0.2, -0.15) is 0 Å². The summed E-state index contributed by atoms with van der Waals surface area (Å²) in [6.45, 7) is 0. The highest BCUT2D eigenvalue weighted by Gasteiger charge is 2.19. The number of fused-ring (bicyclic) bond motifs is 9. The highest BCUT2D eigenvalue weighted by molar-refractivity contribution is 7.19. The molecule has 1 aliphatic rings. The quantitative estimate of drug-likeness (QED) is 0.173. The van der Waals surface area contributed by atoms with E-state index in [1.165, 1.54) is 47.6 Å². The number of hydrogen-bond donors (Lipinski definition) is 0. The summed E-state index contributed by atoms with van der Waals surface area (Å²) in [7, 11) is 0. The van der Waals surface area contributed by atoms with Gasteiger partial charge in [0.15, 0.2) is 17.5 Å². The number of nitrogens with zero attached hydrogens (tertiary/aromatic N) is 3. The summed E-state index contributed by atoms with van der Waals surface area (Å²) < 4.78 is 7.92. The molecule has 244 valence electrons. The lowest BCUT2D eigenvalue weighted by molar-refractivity contribution is 0.669. The molecule has 0 saturated heterocycles. The molecule has 7 aromatic carbocycles. The minimum Gasteiger partial charge on any atom is -0.456 e. The van der Waals surface area contributed by atoms with Gasteiger partial charge in [0.1, 0.15) is 11.2 Å². The SMILES string of the molecule is C1=Cc2c(sc3ccc(-c4ccc5c(c4)oc4cccc(-c6nc(-c7ccccc7)nc(-c7ccc8ccc9ccccc9c8c7)n6)c45)cc23)CC1. The van der Waals surface area contributed by atoms with Crippen molar-refractivity contribution in [3.63, 3.8) is 0 Å². The Balaban J connectivity index is 1.08.